The average Bonchev–Trinajstić information content (AvgIpc) is 2.78. The molecule has 0 aliphatic carbocycles. The minimum absolute atomic E-state index is 0.181. The normalized spacial score (nSPS) is 13.2. The van der Waals surface area contributed by atoms with Crippen LogP contribution in [0.15, 0.2) is 36.4 Å². The van der Waals surface area contributed by atoms with Gasteiger partial charge in [0.2, 0.25) is 5.91 Å². The number of aryl methyl sites for hydroxylation is 1. The lowest BCUT2D eigenvalue weighted by Gasteiger charge is -2.26. The summed E-state index contributed by atoms with van der Waals surface area (Å²) in [7, 11) is 0. The number of nitrogens with zero attached hydrogens (tertiary/aromatic N) is 2. The smallest absolute Gasteiger partial charge is 0.263 e. The largest absolute Gasteiger partial charge is 0.294 e. The molecule has 0 aromatic heterocycles. The van der Waals surface area contributed by atoms with E-state index in [0.29, 0.717) is 5.69 Å². The van der Waals surface area contributed by atoms with Crippen LogP contribution in [0.4, 0.5) is 5.69 Å². The summed E-state index contributed by atoms with van der Waals surface area (Å²) >= 11 is 11.9. The van der Waals surface area contributed by atoms with Crippen molar-refractivity contribution in [1.29, 1.82) is 0 Å². The number of hydrogen-bond donors (Lipinski definition) is 0. The van der Waals surface area contributed by atoms with Crippen LogP contribution in [0.2, 0.25) is 10.0 Å². The molecule has 0 bridgehead atoms. The Hall–Kier alpha value is -2.37. The van der Waals surface area contributed by atoms with Crippen molar-refractivity contribution >= 4 is 46.6 Å². The van der Waals surface area contributed by atoms with Gasteiger partial charge in [-0.3, -0.25) is 24.2 Å². The van der Waals surface area contributed by atoms with E-state index in [1.807, 2.05) is 19.1 Å². The van der Waals surface area contributed by atoms with Crippen molar-refractivity contribution in [1.82, 2.24) is 4.90 Å². The summed E-state index contributed by atoms with van der Waals surface area (Å²) in [4.78, 5) is 39.6. The van der Waals surface area contributed by atoms with E-state index in [-0.39, 0.29) is 33.7 Å². The molecule has 1 heterocycles. The molecule has 2 aromatic carbocycles. The van der Waals surface area contributed by atoms with Crippen molar-refractivity contribution in [2.24, 2.45) is 0 Å². The summed E-state index contributed by atoms with van der Waals surface area (Å²) in [5.74, 6) is -1.29. The highest BCUT2D eigenvalue weighted by Crippen LogP contribution is 2.32. The Balaban J connectivity index is 1.94. The SMILES string of the molecule is CC(=O)N(CN1C(=O)c2cc(Cl)c(Cl)cc2C1=O)c1ccc(C)cc1. The highest BCUT2D eigenvalue weighted by molar-refractivity contribution is 6.43. The molecular formula is C18H14Cl2N2O3. The van der Waals surface area contributed by atoms with E-state index < -0.39 is 11.8 Å². The third-order valence-electron chi connectivity index (χ3n) is 4.02. The molecule has 0 radical (unpaired) electrons. The van der Waals surface area contributed by atoms with E-state index in [1.165, 1.54) is 24.0 Å². The van der Waals surface area contributed by atoms with Crippen molar-refractivity contribution in [3.8, 4) is 0 Å². The first kappa shape index (κ1) is 17.5. The van der Waals surface area contributed by atoms with Crippen LogP contribution in [-0.2, 0) is 4.79 Å². The van der Waals surface area contributed by atoms with Crippen LogP contribution in [-0.4, -0.2) is 29.3 Å². The molecule has 1 aliphatic heterocycles. The minimum Gasteiger partial charge on any atom is -0.294 e. The highest BCUT2D eigenvalue weighted by atomic mass is 35.5. The number of fused-ring (bicyclic) bond motifs is 1. The summed E-state index contributed by atoms with van der Waals surface area (Å²) < 4.78 is 0. The van der Waals surface area contributed by atoms with Crippen molar-refractivity contribution in [2.45, 2.75) is 13.8 Å². The van der Waals surface area contributed by atoms with Crippen LogP contribution < -0.4 is 4.90 Å². The third-order valence-corrected chi connectivity index (χ3v) is 4.74. The van der Waals surface area contributed by atoms with E-state index in [4.69, 9.17) is 23.2 Å². The number of carbonyl (C=O) groups is 3. The lowest BCUT2D eigenvalue weighted by molar-refractivity contribution is -0.116. The molecule has 0 atom stereocenters. The Morgan fingerprint density at radius 3 is 1.92 bits per heavy atom. The van der Waals surface area contributed by atoms with E-state index >= 15 is 0 Å². The van der Waals surface area contributed by atoms with Crippen LogP contribution >= 0.6 is 23.2 Å². The van der Waals surface area contributed by atoms with Gasteiger partial charge in [0.1, 0.15) is 6.67 Å². The number of imide groups is 1. The van der Waals surface area contributed by atoms with Gasteiger partial charge in [-0.25, -0.2) is 0 Å². The van der Waals surface area contributed by atoms with Gasteiger partial charge < -0.3 is 0 Å². The molecule has 0 saturated carbocycles. The van der Waals surface area contributed by atoms with Crippen LogP contribution in [0, 0.1) is 6.92 Å². The van der Waals surface area contributed by atoms with Gasteiger partial charge in [-0.05, 0) is 31.2 Å². The quantitative estimate of drug-likeness (QED) is 0.763. The Labute approximate surface area is 154 Å². The zero-order chi connectivity index (χ0) is 18.3. The summed E-state index contributed by atoms with van der Waals surface area (Å²) in [5, 5.41) is 0.399. The Kier molecular flexibility index (Phi) is 4.54. The van der Waals surface area contributed by atoms with E-state index in [2.05, 4.69) is 0 Å². The fourth-order valence-electron chi connectivity index (χ4n) is 2.64. The third kappa shape index (κ3) is 3.13. The van der Waals surface area contributed by atoms with Gasteiger partial charge in [-0.1, -0.05) is 40.9 Å². The predicted octanol–water partition coefficient (Wildman–Crippen LogP) is 3.91. The maximum absolute atomic E-state index is 12.6. The maximum atomic E-state index is 12.6. The second-order valence-electron chi connectivity index (χ2n) is 5.77. The number of anilines is 1. The first-order valence-electron chi connectivity index (χ1n) is 7.49. The minimum atomic E-state index is -0.503. The second kappa shape index (κ2) is 6.50. The van der Waals surface area contributed by atoms with Gasteiger partial charge in [0, 0.05) is 12.6 Å². The second-order valence-corrected chi connectivity index (χ2v) is 6.59. The number of benzene rings is 2. The first-order chi connectivity index (χ1) is 11.8. The first-order valence-corrected chi connectivity index (χ1v) is 8.25. The lowest BCUT2D eigenvalue weighted by atomic mass is 10.1. The number of carbonyl (C=O) groups excluding carboxylic acids is 3. The standard InChI is InChI=1S/C18H14Cl2N2O3/c1-10-3-5-12(6-4-10)21(11(2)23)9-22-17(24)13-7-15(19)16(20)8-14(13)18(22)25/h3-8H,9H2,1-2H3. The maximum Gasteiger partial charge on any atom is 0.263 e. The summed E-state index contributed by atoms with van der Waals surface area (Å²) in [6, 6.07) is 10.00. The number of halogens is 2. The summed E-state index contributed by atoms with van der Waals surface area (Å²) in [6.07, 6.45) is 0. The Morgan fingerprint density at radius 2 is 1.48 bits per heavy atom. The Bertz CT molecular complexity index is 853. The van der Waals surface area contributed by atoms with Crippen molar-refractivity contribution in [2.75, 3.05) is 11.6 Å². The molecule has 0 fully saturated rings. The van der Waals surface area contributed by atoms with Crippen LogP contribution in [0.5, 0.6) is 0 Å². The van der Waals surface area contributed by atoms with E-state index in [9.17, 15) is 14.4 Å². The molecule has 0 N–H and O–H groups in total. The summed E-state index contributed by atoms with van der Waals surface area (Å²) in [6.45, 7) is 3.13. The predicted molar refractivity (Wildman–Crippen MR) is 96.2 cm³/mol. The van der Waals surface area contributed by atoms with Crippen molar-refractivity contribution < 1.29 is 14.4 Å². The molecule has 3 amide bonds. The highest BCUT2D eigenvalue weighted by Gasteiger charge is 2.37. The van der Waals surface area contributed by atoms with Gasteiger partial charge in [0.05, 0.1) is 21.2 Å². The molecule has 1 aliphatic rings. The van der Waals surface area contributed by atoms with Crippen LogP contribution in [0.3, 0.4) is 0 Å². The Morgan fingerprint density at radius 1 is 1.00 bits per heavy atom. The molecule has 3 rings (SSSR count). The fraction of sp³-hybridized carbons (Fsp3) is 0.167. The van der Waals surface area contributed by atoms with Crippen molar-refractivity contribution in [3.05, 3.63) is 63.1 Å². The molecule has 5 nitrogen and oxygen atoms in total. The zero-order valence-electron chi connectivity index (χ0n) is 13.5. The fourth-order valence-corrected chi connectivity index (χ4v) is 2.97. The average molecular weight is 377 g/mol. The zero-order valence-corrected chi connectivity index (χ0v) is 15.1. The van der Waals surface area contributed by atoms with Crippen LogP contribution in [0.25, 0.3) is 0 Å². The van der Waals surface area contributed by atoms with Gasteiger partial charge in [-0.15, -0.1) is 0 Å². The van der Waals surface area contributed by atoms with Gasteiger partial charge in [0.25, 0.3) is 11.8 Å². The van der Waals surface area contributed by atoms with Crippen LogP contribution in [0.1, 0.15) is 33.2 Å². The number of amides is 3. The molecular weight excluding hydrogens is 363 g/mol. The van der Waals surface area contributed by atoms with Crippen molar-refractivity contribution in [3.63, 3.8) is 0 Å². The molecule has 25 heavy (non-hydrogen) atoms. The molecule has 7 heteroatoms. The molecule has 0 saturated heterocycles. The van der Waals surface area contributed by atoms with Gasteiger partial charge in [-0.2, -0.15) is 0 Å². The molecule has 0 spiro atoms. The lowest BCUT2D eigenvalue weighted by Crippen LogP contribution is -2.43. The molecule has 2 aromatic rings. The molecule has 128 valence electrons. The van der Waals surface area contributed by atoms with Gasteiger partial charge >= 0.3 is 0 Å². The summed E-state index contributed by atoms with van der Waals surface area (Å²) in [5.41, 5.74) is 2.02. The molecule has 0 unspecified atom stereocenters. The van der Waals surface area contributed by atoms with E-state index in [0.717, 1.165) is 10.5 Å². The monoisotopic (exact) mass is 376 g/mol. The van der Waals surface area contributed by atoms with E-state index in [1.54, 1.807) is 12.1 Å². The number of hydrogen-bond acceptors (Lipinski definition) is 3. The van der Waals surface area contributed by atoms with Gasteiger partial charge in [0.15, 0.2) is 0 Å². The number of rotatable bonds is 3. The topological polar surface area (TPSA) is 57.7 Å².